The van der Waals surface area contributed by atoms with Crippen molar-refractivity contribution < 1.29 is 14.3 Å². The van der Waals surface area contributed by atoms with Crippen LogP contribution in [0.3, 0.4) is 0 Å². The summed E-state index contributed by atoms with van der Waals surface area (Å²) in [5.74, 6) is 0.923. The van der Waals surface area contributed by atoms with Crippen LogP contribution in [0.4, 0.5) is 0 Å². The first-order valence-corrected chi connectivity index (χ1v) is 7.76. The Bertz CT molecular complexity index is 730. The lowest BCUT2D eigenvalue weighted by molar-refractivity contribution is -0.137. The molecule has 0 bridgehead atoms. The molecular formula is C17H21N3O3. The Morgan fingerprint density at radius 1 is 1.17 bits per heavy atom. The zero-order valence-electron chi connectivity index (χ0n) is 13.5. The predicted octanol–water partition coefficient (Wildman–Crippen LogP) is 1.41. The molecule has 23 heavy (non-hydrogen) atoms. The van der Waals surface area contributed by atoms with E-state index in [1.54, 1.807) is 18.9 Å². The number of rotatable bonds is 3. The molecule has 1 saturated heterocycles. The number of ether oxygens (including phenoxy) is 1. The number of methoxy groups -OCH3 is 1. The van der Waals surface area contributed by atoms with Gasteiger partial charge in [0.05, 0.1) is 13.5 Å². The molecule has 6 nitrogen and oxygen atoms in total. The molecule has 2 heterocycles. The molecule has 6 heteroatoms. The molecule has 1 aliphatic rings. The molecule has 0 saturated carbocycles. The Hall–Kier alpha value is -2.50. The van der Waals surface area contributed by atoms with Crippen molar-refractivity contribution in [1.82, 2.24) is 14.8 Å². The molecule has 122 valence electrons. The van der Waals surface area contributed by atoms with Crippen molar-refractivity contribution in [2.75, 3.05) is 33.3 Å². The van der Waals surface area contributed by atoms with E-state index in [1.165, 1.54) is 0 Å². The van der Waals surface area contributed by atoms with Gasteiger partial charge in [0.1, 0.15) is 5.75 Å². The number of hydrogen-bond acceptors (Lipinski definition) is 3. The lowest BCUT2D eigenvalue weighted by Gasteiger charge is -2.34. The van der Waals surface area contributed by atoms with E-state index in [0.717, 1.165) is 22.2 Å². The van der Waals surface area contributed by atoms with Crippen molar-refractivity contribution in [2.45, 2.75) is 13.3 Å². The van der Waals surface area contributed by atoms with Gasteiger partial charge in [-0.15, -0.1) is 0 Å². The fourth-order valence-corrected chi connectivity index (χ4v) is 3.07. The van der Waals surface area contributed by atoms with Crippen LogP contribution in [0.2, 0.25) is 0 Å². The van der Waals surface area contributed by atoms with Gasteiger partial charge in [-0.25, -0.2) is 0 Å². The molecule has 1 aromatic carbocycles. The summed E-state index contributed by atoms with van der Waals surface area (Å²) in [4.78, 5) is 30.7. The smallest absolute Gasteiger partial charge is 0.227 e. The first-order valence-electron chi connectivity index (χ1n) is 7.76. The first-order chi connectivity index (χ1) is 11.1. The molecule has 1 fully saturated rings. The Morgan fingerprint density at radius 2 is 1.87 bits per heavy atom. The maximum atomic E-state index is 12.6. The van der Waals surface area contributed by atoms with Crippen LogP contribution in [0, 0.1) is 0 Å². The summed E-state index contributed by atoms with van der Waals surface area (Å²) in [6.45, 7) is 3.97. The van der Waals surface area contributed by atoms with Gasteiger partial charge < -0.3 is 19.5 Å². The van der Waals surface area contributed by atoms with Crippen LogP contribution in [0.5, 0.6) is 5.75 Å². The van der Waals surface area contributed by atoms with E-state index in [4.69, 9.17) is 4.74 Å². The van der Waals surface area contributed by atoms with Gasteiger partial charge in [-0.05, 0) is 17.7 Å². The van der Waals surface area contributed by atoms with E-state index >= 15 is 0 Å². The minimum Gasteiger partial charge on any atom is -0.496 e. The zero-order chi connectivity index (χ0) is 16.4. The molecule has 1 N–H and O–H groups in total. The van der Waals surface area contributed by atoms with Gasteiger partial charge in [0.25, 0.3) is 0 Å². The predicted molar refractivity (Wildman–Crippen MR) is 87.4 cm³/mol. The lowest BCUT2D eigenvalue weighted by atomic mass is 10.1. The highest BCUT2D eigenvalue weighted by Crippen LogP contribution is 2.29. The second-order valence-corrected chi connectivity index (χ2v) is 5.76. The molecule has 0 radical (unpaired) electrons. The van der Waals surface area contributed by atoms with Gasteiger partial charge in [0.2, 0.25) is 11.8 Å². The van der Waals surface area contributed by atoms with Crippen LogP contribution < -0.4 is 4.74 Å². The summed E-state index contributed by atoms with van der Waals surface area (Å²) in [6, 6.07) is 5.79. The van der Waals surface area contributed by atoms with Gasteiger partial charge in [-0.2, -0.15) is 0 Å². The number of aromatic nitrogens is 1. The molecule has 2 amide bonds. The number of nitrogens with zero attached hydrogens (tertiary/aromatic N) is 2. The minimum absolute atomic E-state index is 0.0680. The van der Waals surface area contributed by atoms with E-state index in [0.29, 0.717) is 32.6 Å². The number of amides is 2. The van der Waals surface area contributed by atoms with E-state index in [9.17, 15) is 9.59 Å². The van der Waals surface area contributed by atoms with Crippen molar-refractivity contribution in [3.8, 4) is 5.75 Å². The summed E-state index contributed by atoms with van der Waals surface area (Å²) < 4.78 is 5.40. The third-order valence-corrected chi connectivity index (χ3v) is 4.39. The topological polar surface area (TPSA) is 65.6 Å². The number of carbonyl (C=O) groups excluding carboxylic acids is 2. The van der Waals surface area contributed by atoms with Crippen LogP contribution in [-0.2, 0) is 16.0 Å². The molecule has 2 aromatic rings. The van der Waals surface area contributed by atoms with Crippen LogP contribution in [0.25, 0.3) is 10.9 Å². The number of H-pyrrole nitrogens is 1. The van der Waals surface area contributed by atoms with Gasteiger partial charge in [-0.1, -0.05) is 6.07 Å². The number of aromatic amines is 1. The minimum atomic E-state index is 0.0680. The maximum absolute atomic E-state index is 12.6. The molecule has 3 rings (SSSR count). The van der Waals surface area contributed by atoms with Crippen LogP contribution in [0.15, 0.2) is 24.4 Å². The third-order valence-electron chi connectivity index (χ3n) is 4.39. The van der Waals surface area contributed by atoms with Gasteiger partial charge in [-0.3, -0.25) is 9.59 Å². The van der Waals surface area contributed by atoms with Crippen molar-refractivity contribution in [3.63, 3.8) is 0 Å². The fraction of sp³-hybridized carbons (Fsp3) is 0.412. The van der Waals surface area contributed by atoms with E-state index in [2.05, 4.69) is 4.98 Å². The van der Waals surface area contributed by atoms with Crippen molar-refractivity contribution >= 4 is 22.7 Å². The average Bonchev–Trinajstić information content (AvgIpc) is 2.98. The molecule has 0 unspecified atom stereocenters. The fourth-order valence-electron chi connectivity index (χ4n) is 3.07. The van der Waals surface area contributed by atoms with Gasteiger partial charge in [0.15, 0.2) is 0 Å². The standard InChI is InChI=1S/C17H21N3O3/c1-12(21)19-6-8-20(9-7-19)16(22)10-13-11-18-14-4-3-5-15(23-2)17(13)14/h3-5,11,18H,6-10H2,1-2H3. The van der Waals surface area contributed by atoms with Crippen molar-refractivity contribution in [3.05, 3.63) is 30.0 Å². The summed E-state index contributed by atoms with van der Waals surface area (Å²) in [5, 5.41) is 0.964. The lowest BCUT2D eigenvalue weighted by Crippen LogP contribution is -2.50. The highest BCUT2D eigenvalue weighted by atomic mass is 16.5. The number of benzene rings is 1. The molecular weight excluding hydrogens is 294 g/mol. The summed E-state index contributed by atoms with van der Waals surface area (Å²) in [7, 11) is 1.63. The Kier molecular flexibility index (Phi) is 4.23. The number of carbonyl (C=O) groups is 2. The highest BCUT2D eigenvalue weighted by molar-refractivity contribution is 5.93. The van der Waals surface area contributed by atoms with E-state index in [1.807, 2.05) is 29.3 Å². The van der Waals surface area contributed by atoms with E-state index in [-0.39, 0.29) is 11.8 Å². The average molecular weight is 315 g/mol. The molecule has 0 aliphatic carbocycles. The third kappa shape index (κ3) is 3.02. The monoisotopic (exact) mass is 315 g/mol. The molecule has 1 aromatic heterocycles. The number of nitrogens with one attached hydrogen (secondary N) is 1. The maximum Gasteiger partial charge on any atom is 0.227 e. The molecule has 1 aliphatic heterocycles. The summed E-state index contributed by atoms with van der Waals surface area (Å²) >= 11 is 0. The second kappa shape index (κ2) is 6.32. The number of fused-ring (bicyclic) bond motifs is 1. The SMILES string of the molecule is COc1cccc2[nH]cc(CC(=O)N3CCN(C(C)=O)CC3)c12. The van der Waals surface area contributed by atoms with E-state index < -0.39 is 0 Å². The Labute approximate surface area is 135 Å². The van der Waals surface area contributed by atoms with Crippen molar-refractivity contribution in [2.24, 2.45) is 0 Å². The molecule has 0 spiro atoms. The van der Waals surface area contributed by atoms with Crippen LogP contribution in [-0.4, -0.2) is 59.9 Å². The number of piperazine rings is 1. The normalized spacial score (nSPS) is 15.0. The van der Waals surface area contributed by atoms with Gasteiger partial charge in [0, 0.05) is 50.2 Å². The zero-order valence-corrected chi connectivity index (χ0v) is 13.5. The van der Waals surface area contributed by atoms with Crippen LogP contribution in [0.1, 0.15) is 12.5 Å². The Balaban J connectivity index is 1.73. The largest absolute Gasteiger partial charge is 0.496 e. The molecule has 0 atom stereocenters. The number of hydrogen-bond donors (Lipinski definition) is 1. The first kappa shape index (κ1) is 15.4. The van der Waals surface area contributed by atoms with Crippen LogP contribution >= 0.6 is 0 Å². The highest BCUT2D eigenvalue weighted by Gasteiger charge is 2.23. The summed E-state index contributed by atoms with van der Waals surface area (Å²) in [5.41, 5.74) is 1.91. The summed E-state index contributed by atoms with van der Waals surface area (Å²) in [6.07, 6.45) is 2.21. The van der Waals surface area contributed by atoms with Crippen molar-refractivity contribution in [1.29, 1.82) is 0 Å². The second-order valence-electron chi connectivity index (χ2n) is 5.76. The Morgan fingerprint density at radius 3 is 2.52 bits per heavy atom. The van der Waals surface area contributed by atoms with Gasteiger partial charge >= 0.3 is 0 Å². The quantitative estimate of drug-likeness (QED) is 0.931.